The third-order valence-electron chi connectivity index (χ3n) is 3.66. The van der Waals surface area contributed by atoms with E-state index in [9.17, 15) is 9.59 Å². The molecule has 0 aliphatic carbocycles. The molecule has 0 fully saturated rings. The average Bonchev–Trinajstić information content (AvgIpc) is 2.62. The minimum Gasteiger partial charge on any atom is -0.497 e. The molecule has 0 spiro atoms. The Kier molecular flexibility index (Phi) is 6.60. The van der Waals surface area contributed by atoms with Gasteiger partial charge in [0, 0.05) is 17.3 Å². The van der Waals surface area contributed by atoms with Crippen LogP contribution in [0.5, 0.6) is 11.5 Å². The van der Waals surface area contributed by atoms with E-state index in [0.717, 1.165) is 5.75 Å². The number of carbonyl (C=O) groups is 2. The molecule has 2 N–H and O–H groups in total. The highest BCUT2D eigenvalue weighted by atomic mass is 16.5. The van der Waals surface area contributed by atoms with Gasteiger partial charge in [-0.2, -0.15) is 0 Å². The van der Waals surface area contributed by atoms with Crippen LogP contribution in [-0.2, 0) is 9.59 Å². The molecule has 26 heavy (non-hydrogen) atoms. The number of carbonyl (C=O) groups excluding carboxylic acids is 2. The molecule has 0 aliphatic heterocycles. The van der Waals surface area contributed by atoms with Gasteiger partial charge in [-0.3, -0.25) is 9.59 Å². The van der Waals surface area contributed by atoms with Crippen molar-refractivity contribution in [2.24, 2.45) is 5.92 Å². The van der Waals surface area contributed by atoms with Crippen LogP contribution in [0.25, 0.3) is 0 Å². The summed E-state index contributed by atoms with van der Waals surface area (Å²) in [5.74, 6) is 0.810. The number of amides is 2. The molecule has 0 bridgehead atoms. The number of benzene rings is 2. The van der Waals surface area contributed by atoms with Crippen LogP contribution in [0.4, 0.5) is 11.4 Å². The van der Waals surface area contributed by atoms with Crippen molar-refractivity contribution in [3.63, 3.8) is 0 Å². The summed E-state index contributed by atoms with van der Waals surface area (Å²) in [7, 11) is 1.59. The fourth-order valence-corrected chi connectivity index (χ4v) is 2.12. The minimum absolute atomic E-state index is 0.0790. The number of ether oxygens (including phenoxy) is 2. The molecule has 1 atom stereocenters. The van der Waals surface area contributed by atoms with Gasteiger partial charge in [0.15, 0.2) is 6.10 Å². The third-order valence-corrected chi connectivity index (χ3v) is 3.66. The monoisotopic (exact) mass is 356 g/mol. The molecular weight excluding hydrogens is 332 g/mol. The quantitative estimate of drug-likeness (QED) is 0.793. The van der Waals surface area contributed by atoms with E-state index in [4.69, 9.17) is 9.47 Å². The Balaban J connectivity index is 1.96. The minimum atomic E-state index is -0.683. The average molecular weight is 356 g/mol. The summed E-state index contributed by atoms with van der Waals surface area (Å²) in [5, 5.41) is 5.59. The maximum Gasteiger partial charge on any atom is 0.265 e. The zero-order chi connectivity index (χ0) is 19.1. The number of methoxy groups -OCH3 is 1. The van der Waals surface area contributed by atoms with Crippen LogP contribution in [0.2, 0.25) is 0 Å². The molecule has 6 heteroatoms. The van der Waals surface area contributed by atoms with E-state index in [1.807, 2.05) is 13.8 Å². The van der Waals surface area contributed by atoms with Crippen molar-refractivity contribution in [1.82, 2.24) is 0 Å². The fourth-order valence-electron chi connectivity index (χ4n) is 2.12. The smallest absolute Gasteiger partial charge is 0.265 e. The zero-order valence-corrected chi connectivity index (χ0v) is 15.4. The van der Waals surface area contributed by atoms with Crippen LogP contribution in [0.1, 0.15) is 20.8 Å². The van der Waals surface area contributed by atoms with Gasteiger partial charge in [0.25, 0.3) is 5.91 Å². The second-order valence-corrected chi connectivity index (χ2v) is 6.15. The van der Waals surface area contributed by atoms with Gasteiger partial charge in [0.2, 0.25) is 5.91 Å². The Morgan fingerprint density at radius 3 is 1.92 bits per heavy atom. The summed E-state index contributed by atoms with van der Waals surface area (Å²) in [4.78, 5) is 24.1. The molecule has 2 aromatic carbocycles. The first-order valence-electron chi connectivity index (χ1n) is 8.41. The molecule has 1 unspecified atom stereocenters. The van der Waals surface area contributed by atoms with Crippen molar-refractivity contribution in [2.45, 2.75) is 26.9 Å². The maximum atomic E-state index is 12.3. The first-order chi connectivity index (χ1) is 12.4. The van der Waals surface area contributed by atoms with Gasteiger partial charge in [-0.25, -0.2) is 0 Å². The molecule has 2 aromatic rings. The van der Waals surface area contributed by atoms with Crippen LogP contribution >= 0.6 is 0 Å². The van der Waals surface area contributed by atoms with Crippen LogP contribution in [-0.4, -0.2) is 25.0 Å². The van der Waals surface area contributed by atoms with E-state index in [1.54, 1.807) is 62.6 Å². The summed E-state index contributed by atoms with van der Waals surface area (Å²) >= 11 is 0. The van der Waals surface area contributed by atoms with Crippen molar-refractivity contribution >= 4 is 23.2 Å². The summed E-state index contributed by atoms with van der Waals surface area (Å²) in [6.07, 6.45) is -0.683. The maximum absolute atomic E-state index is 12.3. The Labute approximate surface area is 153 Å². The molecule has 0 aromatic heterocycles. The highest BCUT2D eigenvalue weighted by Gasteiger charge is 2.15. The topological polar surface area (TPSA) is 76.7 Å². The number of nitrogens with one attached hydrogen (secondary N) is 2. The molecule has 138 valence electrons. The van der Waals surface area contributed by atoms with Crippen molar-refractivity contribution < 1.29 is 19.1 Å². The van der Waals surface area contributed by atoms with E-state index in [0.29, 0.717) is 17.1 Å². The summed E-state index contributed by atoms with van der Waals surface area (Å²) in [6, 6.07) is 14.0. The first-order valence-corrected chi connectivity index (χ1v) is 8.41. The highest BCUT2D eigenvalue weighted by Crippen LogP contribution is 2.19. The fraction of sp³-hybridized carbons (Fsp3) is 0.300. The first kappa shape index (κ1) is 19.3. The molecule has 2 rings (SSSR count). The standard InChI is InChI=1S/C20H24N2O4/c1-13(2)19(23)21-15-6-5-7-16(12-15)22-20(24)14(3)26-18-10-8-17(25-4)9-11-18/h5-14H,1-4H3,(H,21,23)(H,22,24). The molecule has 6 nitrogen and oxygen atoms in total. The lowest BCUT2D eigenvalue weighted by atomic mass is 10.2. The van der Waals surface area contributed by atoms with Crippen LogP contribution in [0.3, 0.4) is 0 Å². The van der Waals surface area contributed by atoms with Gasteiger partial charge in [0.05, 0.1) is 7.11 Å². The summed E-state index contributed by atoms with van der Waals surface area (Å²) in [6.45, 7) is 5.31. The zero-order valence-electron chi connectivity index (χ0n) is 15.4. The summed E-state index contributed by atoms with van der Waals surface area (Å²) in [5.41, 5.74) is 1.21. The van der Waals surface area contributed by atoms with E-state index in [2.05, 4.69) is 10.6 Å². The summed E-state index contributed by atoms with van der Waals surface area (Å²) < 4.78 is 10.7. The van der Waals surface area contributed by atoms with E-state index in [1.165, 1.54) is 0 Å². The largest absolute Gasteiger partial charge is 0.497 e. The van der Waals surface area contributed by atoms with Crippen molar-refractivity contribution in [1.29, 1.82) is 0 Å². The molecule has 0 aliphatic rings. The van der Waals surface area contributed by atoms with Crippen molar-refractivity contribution in [3.05, 3.63) is 48.5 Å². The lowest BCUT2D eigenvalue weighted by Crippen LogP contribution is -2.30. The van der Waals surface area contributed by atoms with Crippen LogP contribution in [0, 0.1) is 5.92 Å². The predicted molar refractivity (Wildman–Crippen MR) is 102 cm³/mol. The molecule has 0 radical (unpaired) electrons. The number of anilines is 2. The Hall–Kier alpha value is -3.02. The molecule has 2 amide bonds. The number of hydrogen-bond donors (Lipinski definition) is 2. The third kappa shape index (κ3) is 5.51. The van der Waals surface area contributed by atoms with E-state index in [-0.39, 0.29) is 17.7 Å². The van der Waals surface area contributed by atoms with Gasteiger partial charge in [-0.1, -0.05) is 19.9 Å². The highest BCUT2D eigenvalue weighted by molar-refractivity contribution is 5.96. The lowest BCUT2D eigenvalue weighted by Gasteiger charge is -2.15. The Morgan fingerprint density at radius 2 is 1.38 bits per heavy atom. The number of hydrogen-bond acceptors (Lipinski definition) is 4. The van der Waals surface area contributed by atoms with E-state index < -0.39 is 6.10 Å². The van der Waals surface area contributed by atoms with Gasteiger partial charge < -0.3 is 20.1 Å². The van der Waals surface area contributed by atoms with Crippen LogP contribution in [0.15, 0.2) is 48.5 Å². The Morgan fingerprint density at radius 1 is 0.846 bits per heavy atom. The molecule has 0 saturated heterocycles. The van der Waals surface area contributed by atoms with E-state index >= 15 is 0 Å². The molecule has 0 heterocycles. The molecule has 0 saturated carbocycles. The van der Waals surface area contributed by atoms with Crippen molar-refractivity contribution in [2.75, 3.05) is 17.7 Å². The molecular formula is C20H24N2O4. The SMILES string of the molecule is COc1ccc(OC(C)C(=O)Nc2cccc(NC(=O)C(C)C)c2)cc1. The second kappa shape index (κ2) is 8.89. The lowest BCUT2D eigenvalue weighted by molar-refractivity contribution is -0.122. The van der Waals surface area contributed by atoms with Gasteiger partial charge >= 0.3 is 0 Å². The van der Waals surface area contributed by atoms with Crippen LogP contribution < -0.4 is 20.1 Å². The van der Waals surface area contributed by atoms with Gasteiger partial charge in [-0.15, -0.1) is 0 Å². The van der Waals surface area contributed by atoms with Gasteiger partial charge in [-0.05, 0) is 49.4 Å². The Bertz CT molecular complexity index is 757. The predicted octanol–water partition coefficient (Wildman–Crippen LogP) is 3.70. The number of rotatable bonds is 7. The van der Waals surface area contributed by atoms with Gasteiger partial charge in [0.1, 0.15) is 11.5 Å². The van der Waals surface area contributed by atoms with Crippen molar-refractivity contribution in [3.8, 4) is 11.5 Å². The normalized spacial score (nSPS) is 11.6. The second-order valence-electron chi connectivity index (χ2n) is 6.15.